The molecule has 1 amide bonds. The van der Waals surface area contributed by atoms with Gasteiger partial charge in [-0.15, -0.1) is 0 Å². The van der Waals surface area contributed by atoms with Gasteiger partial charge in [0.05, 0.1) is 11.5 Å². The molecule has 6 heteroatoms. The molecule has 0 saturated carbocycles. The Morgan fingerprint density at radius 1 is 1.25 bits per heavy atom. The van der Waals surface area contributed by atoms with Gasteiger partial charge in [-0.05, 0) is 24.1 Å². The number of benzene rings is 2. The van der Waals surface area contributed by atoms with Crippen LogP contribution in [0, 0.1) is 28.9 Å². The zero-order valence-corrected chi connectivity index (χ0v) is 13.1. The highest BCUT2D eigenvalue weighted by Crippen LogP contribution is 2.16. The molecule has 24 heavy (non-hydrogen) atoms. The van der Waals surface area contributed by atoms with Gasteiger partial charge in [0.1, 0.15) is 6.61 Å². The van der Waals surface area contributed by atoms with E-state index < -0.39 is 11.0 Å². The number of nitrogens with zero attached hydrogens (tertiary/aromatic N) is 1. The third kappa shape index (κ3) is 5.14. The molecule has 0 radical (unpaired) electrons. The molecule has 2 rings (SSSR count). The third-order valence-corrected chi connectivity index (χ3v) is 3.18. The van der Waals surface area contributed by atoms with Crippen LogP contribution in [0.3, 0.4) is 0 Å². The summed E-state index contributed by atoms with van der Waals surface area (Å²) in [6, 6.07) is 13.8. The zero-order valence-electron chi connectivity index (χ0n) is 13.1. The molecule has 0 fully saturated rings. The number of aryl methyl sites for hydroxylation is 1. The van der Waals surface area contributed by atoms with Crippen molar-refractivity contribution in [1.29, 1.82) is 0 Å². The number of hydrogen-bond donors (Lipinski definition) is 1. The number of nitro benzene ring substituents is 1. The first-order valence-corrected chi connectivity index (χ1v) is 7.25. The Morgan fingerprint density at radius 3 is 2.67 bits per heavy atom. The Morgan fingerprint density at radius 2 is 2.00 bits per heavy atom. The van der Waals surface area contributed by atoms with E-state index in [2.05, 4.69) is 17.2 Å². The van der Waals surface area contributed by atoms with Gasteiger partial charge in [-0.1, -0.05) is 42.2 Å². The Hall–Kier alpha value is -3.33. The van der Waals surface area contributed by atoms with Crippen LogP contribution >= 0.6 is 0 Å². The number of rotatable bonds is 4. The van der Waals surface area contributed by atoms with Crippen molar-refractivity contribution in [2.24, 2.45) is 0 Å². The van der Waals surface area contributed by atoms with Gasteiger partial charge in [-0.25, -0.2) is 4.79 Å². The van der Waals surface area contributed by atoms with Gasteiger partial charge in [0.15, 0.2) is 0 Å². The van der Waals surface area contributed by atoms with E-state index in [-0.39, 0.29) is 18.8 Å². The van der Waals surface area contributed by atoms with Crippen molar-refractivity contribution in [2.45, 2.75) is 13.5 Å². The minimum absolute atomic E-state index is 0.0284. The summed E-state index contributed by atoms with van der Waals surface area (Å²) in [4.78, 5) is 21.8. The lowest BCUT2D eigenvalue weighted by Crippen LogP contribution is -2.24. The van der Waals surface area contributed by atoms with E-state index in [1.807, 2.05) is 30.3 Å². The van der Waals surface area contributed by atoms with E-state index in [1.165, 1.54) is 12.1 Å². The third-order valence-electron chi connectivity index (χ3n) is 3.18. The van der Waals surface area contributed by atoms with Gasteiger partial charge >= 0.3 is 6.09 Å². The molecule has 2 aromatic rings. The highest BCUT2D eigenvalue weighted by Gasteiger charge is 2.06. The molecule has 2 aromatic carbocycles. The van der Waals surface area contributed by atoms with Crippen LogP contribution in [0.1, 0.15) is 16.7 Å². The van der Waals surface area contributed by atoms with Gasteiger partial charge in [0.2, 0.25) is 0 Å². The smallest absolute Gasteiger partial charge is 0.408 e. The molecular weight excluding hydrogens is 308 g/mol. The Labute approximate surface area is 139 Å². The van der Waals surface area contributed by atoms with Gasteiger partial charge in [0, 0.05) is 17.7 Å². The van der Waals surface area contributed by atoms with E-state index in [9.17, 15) is 14.9 Å². The first kappa shape index (κ1) is 17.0. The second-order valence-corrected chi connectivity index (χ2v) is 4.97. The van der Waals surface area contributed by atoms with E-state index in [4.69, 9.17) is 4.74 Å². The fourth-order valence-corrected chi connectivity index (χ4v) is 1.93. The number of carbonyl (C=O) groups is 1. The maximum atomic E-state index is 11.5. The van der Waals surface area contributed by atoms with Crippen molar-refractivity contribution in [3.8, 4) is 11.8 Å². The summed E-state index contributed by atoms with van der Waals surface area (Å²) in [5, 5.41) is 13.2. The Kier molecular flexibility index (Phi) is 5.92. The van der Waals surface area contributed by atoms with Gasteiger partial charge in [0.25, 0.3) is 5.69 Å². The minimum atomic E-state index is -0.548. The van der Waals surface area contributed by atoms with E-state index >= 15 is 0 Å². The zero-order chi connectivity index (χ0) is 17.4. The summed E-state index contributed by atoms with van der Waals surface area (Å²) in [5.74, 6) is 5.65. The standard InChI is InChI=1S/C18H16N2O4/c1-14-12-17(20(22)23)10-9-16(14)8-5-11-19-18(21)24-13-15-6-3-2-4-7-15/h2-4,6-7,9-10,12H,11,13H2,1H3,(H,19,21). The van der Waals surface area contributed by atoms with Crippen LogP contribution in [0.2, 0.25) is 0 Å². The normalized spacial score (nSPS) is 9.54. The number of alkyl carbamates (subject to hydrolysis) is 1. The number of nitro groups is 1. The molecular formula is C18H16N2O4. The Balaban J connectivity index is 1.81. The minimum Gasteiger partial charge on any atom is -0.445 e. The van der Waals surface area contributed by atoms with Crippen LogP contribution in [0.5, 0.6) is 0 Å². The number of amides is 1. The van der Waals surface area contributed by atoms with Crippen molar-refractivity contribution in [3.05, 3.63) is 75.3 Å². The number of non-ortho nitro benzene ring substituents is 1. The largest absolute Gasteiger partial charge is 0.445 e. The van der Waals surface area contributed by atoms with Crippen LogP contribution in [-0.4, -0.2) is 17.6 Å². The number of hydrogen-bond acceptors (Lipinski definition) is 4. The maximum Gasteiger partial charge on any atom is 0.408 e. The summed E-state index contributed by atoms with van der Waals surface area (Å²) in [6.45, 7) is 2.07. The first-order chi connectivity index (χ1) is 11.6. The maximum absolute atomic E-state index is 11.5. The van der Waals surface area contributed by atoms with Crippen LogP contribution in [0.25, 0.3) is 0 Å². The van der Waals surface area contributed by atoms with Gasteiger partial charge in [-0.2, -0.15) is 0 Å². The Bertz CT molecular complexity index is 792. The van der Waals surface area contributed by atoms with Crippen molar-refractivity contribution < 1.29 is 14.5 Å². The first-order valence-electron chi connectivity index (χ1n) is 7.25. The van der Waals surface area contributed by atoms with Crippen LogP contribution in [0.15, 0.2) is 48.5 Å². The average molecular weight is 324 g/mol. The molecule has 0 heterocycles. The predicted molar refractivity (Wildman–Crippen MR) is 89.3 cm³/mol. The summed E-state index contributed by atoms with van der Waals surface area (Å²) < 4.78 is 5.05. The fraction of sp³-hybridized carbons (Fsp3) is 0.167. The summed E-state index contributed by atoms with van der Waals surface area (Å²) in [7, 11) is 0. The van der Waals surface area contributed by atoms with Crippen LogP contribution in [-0.2, 0) is 11.3 Å². The van der Waals surface area contributed by atoms with E-state index in [1.54, 1.807) is 13.0 Å². The lowest BCUT2D eigenvalue weighted by Gasteiger charge is -2.04. The topological polar surface area (TPSA) is 81.5 Å². The molecule has 0 aromatic heterocycles. The number of carbonyl (C=O) groups excluding carboxylic acids is 1. The van der Waals surface area contributed by atoms with Crippen LogP contribution in [0.4, 0.5) is 10.5 Å². The molecule has 0 aliphatic heterocycles. The second-order valence-electron chi connectivity index (χ2n) is 4.97. The van der Waals surface area contributed by atoms with Crippen molar-refractivity contribution in [2.75, 3.05) is 6.54 Å². The van der Waals surface area contributed by atoms with Crippen molar-refractivity contribution in [1.82, 2.24) is 5.32 Å². The molecule has 122 valence electrons. The van der Waals surface area contributed by atoms with Gasteiger partial charge in [-0.3, -0.25) is 10.1 Å². The molecule has 0 unspecified atom stereocenters. The SMILES string of the molecule is Cc1cc([N+](=O)[O-])ccc1C#CCNC(=O)OCc1ccccc1. The highest BCUT2D eigenvalue weighted by molar-refractivity contribution is 5.67. The highest BCUT2D eigenvalue weighted by atomic mass is 16.6. The quantitative estimate of drug-likeness (QED) is 0.532. The number of ether oxygens (including phenoxy) is 1. The van der Waals surface area contributed by atoms with Crippen LogP contribution < -0.4 is 5.32 Å². The number of nitrogens with one attached hydrogen (secondary N) is 1. The van der Waals surface area contributed by atoms with Gasteiger partial charge < -0.3 is 10.1 Å². The summed E-state index contributed by atoms with van der Waals surface area (Å²) in [5.41, 5.74) is 2.32. The van der Waals surface area contributed by atoms with Crippen molar-refractivity contribution in [3.63, 3.8) is 0 Å². The van der Waals surface area contributed by atoms with E-state index in [0.29, 0.717) is 11.1 Å². The molecule has 0 aliphatic rings. The molecule has 0 spiro atoms. The second kappa shape index (κ2) is 8.34. The molecule has 6 nitrogen and oxygen atoms in total. The van der Waals surface area contributed by atoms with Crippen molar-refractivity contribution >= 4 is 11.8 Å². The molecule has 0 aliphatic carbocycles. The predicted octanol–water partition coefficient (Wildman–Crippen LogP) is 3.18. The lowest BCUT2D eigenvalue weighted by molar-refractivity contribution is -0.384. The molecule has 0 saturated heterocycles. The van der Waals surface area contributed by atoms with E-state index in [0.717, 1.165) is 5.56 Å². The monoisotopic (exact) mass is 324 g/mol. The lowest BCUT2D eigenvalue weighted by atomic mass is 10.1. The molecule has 0 atom stereocenters. The molecule has 1 N–H and O–H groups in total. The summed E-state index contributed by atoms with van der Waals surface area (Å²) >= 11 is 0. The summed E-state index contributed by atoms with van der Waals surface area (Å²) in [6.07, 6.45) is -0.548. The molecule has 0 bridgehead atoms. The fourth-order valence-electron chi connectivity index (χ4n) is 1.93. The average Bonchev–Trinajstić information content (AvgIpc) is 2.58.